The molecule has 2 amide bonds. The summed E-state index contributed by atoms with van der Waals surface area (Å²) < 4.78 is 6.80. The molecule has 1 N–H and O–H groups in total. The van der Waals surface area contributed by atoms with Gasteiger partial charge < -0.3 is 15.0 Å². The third kappa shape index (κ3) is 8.11. The molecule has 0 saturated carbocycles. The number of carbonyl (C=O) groups is 2. The summed E-state index contributed by atoms with van der Waals surface area (Å²) in [5, 5.41) is 3.55. The number of ether oxygens (including phenoxy) is 1. The largest absolute Gasteiger partial charge is 0.484 e. The average molecular weight is 558 g/mol. The van der Waals surface area contributed by atoms with Crippen molar-refractivity contribution in [2.75, 3.05) is 6.61 Å². The molecule has 0 aliphatic heterocycles. The van der Waals surface area contributed by atoms with Gasteiger partial charge in [-0.1, -0.05) is 70.0 Å². The van der Waals surface area contributed by atoms with Crippen LogP contribution in [0.2, 0.25) is 5.02 Å². The lowest BCUT2D eigenvalue weighted by Gasteiger charge is -2.32. The van der Waals surface area contributed by atoms with Crippen LogP contribution in [0.25, 0.3) is 0 Å². The maximum atomic E-state index is 13.6. The number of carbonyl (C=O) groups excluding carboxylic acids is 2. The van der Waals surface area contributed by atoms with Gasteiger partial charge >= 0.3 is 0 Å². The summed E-state index contributed by atoms with van der Waals surface area (Å²) in [6, 6.07) is 21.8. The number of hydrogen-bond acceptors (Lipinski definition) is 3. The van der Waals surface area contributed by atoms with E-state index in [9.17, 15) is 9.59 Å². The molecule has 0 heterocycles. The van der Waals surface area contributed by atoms with Crippen LogP contribution < -0.4 is 10.1 Å². The van der Waals surface area contributed by atoms with E-state index in [1.807, 2.05) is 75.4 Å². The zero-order valence-electron chi connectivity index (χ0n) is 20.1. The first-order valence-corrected chi connectivity index (χ1v) is 12.7. The second kappa shape index (κ2) is 12.8. The summed E-state index contributed by atoms with van der Waals surface area (Å²) in [7, 11) is 0. The minimum absolute atomic E-state index is 0.0640. The smallest absolute Gasteiger partial charge is 0.261 e. The molecule has 7 heteroatoms. The Morgan fingerprint density at radius 2 is 1.71 bits per heavy atom. The van der Waals surface area contributed by atoms with E-state index < -0.39 is 6.04 Å². The van der Waals surface area contributed by atoms with Crippen LogP contribution >= 0.6 is 27.5 Å². The van der Waals surface area contributed by atoms with E-state index in [0.717, 1.165) is 21.2 Å². The molecule has 35 heavy (non-hydrogen) atoms. The molecule has 0 fully saturated rings. The summed E-state index contributed by atoms with van der Waals surface area (Å²) in [6.07, 6.45) is 0.378. The van der Waals surface area contributed by atoms with E-state index in [1.54, 1.807) is 23.1 Å². The minimum Gasteiger partial charge on any atom is -0.484 e. The summed E-state index contributed by atoms with van der Waals surface area (Å²) >= 11 is 9.68. The number of nitrogens with zero attached hydrogens (tertiary/aromatic N) is 1. The predicted molar refractivity (Wildman–Crippen MR) is 144 cm³/mol. The third-order valence-corrected chi connectivity index (χ3v) is 6.56. The van der Waals surface area contributed by atoms with Crippen LogP contribution in [-0.4, -0.2) is 35.4 Å². The molecule has 5 nitrogen and oxygen atoms in total. The summed E-state index contributed by atoms with van der Waals surface area (Å²) in [5.74, 6) is 0.0945. The number of benzene rings is 3. The van der Waals surface area contributed by atoms with Gasteiger partial charge in [-0.15, -0.1) is 0 Å². The highest BCUT2D eigenvalue weighted by atomic mass is 79.9. The molecule has 184 valence electrons. The van der Waals surface area contributed by atoms with Gasteiger partial charge in [0.15, 0.2) is 6.61 Å². The van der Waals surface area contributed by atoms with Crippen molar-refractivity contribution in [3.05, 3.63) is 99.0 Å². The van der Waals surface area contributed by atoms with Crippen molar-refractivity contribution in [2.45, 2.75) is 45.8 Å². The Bertz CT molecular complexity index is 1150. The van der Waals surface area contributed by atoms with Crippen LogP contribution in [0.15, 0.2) is 77.3 Å². The van der Waals surface area contributed by atoms with E-state index in [4.69, 9.17) is 16.3 Å². The molecule has 0 aliphatic carbocycles. The minimum atomic E-state index is -0.721. The van der Waals surface area contributed by atoms with Gasteiger partial charge in [-0.25, -0.2) is 0 Å². The Kier molecular flexibility index (Phi) is 9.75. The summed E-state index contributed by atoms with van der Waals surface area (Å²) in [5.41, 5.74) is 2.80. The topological polar surface area (TPSA) is 58.6 Å². The highest BCUT2D eigenvalue weighted by Gasteiger charge is 2.31. The number of aryl methyl sites for hydroxylation is 1. The van der Waals surface area contributed by atoms with E-state index >= 15 is 0 Å². The first-order valence-electron chi connectivity index (χ1n) is 11.5. The van der Waals surface area contributed by atoms with Crippen LogP contribution in [-0.2, 0) is 22.6 Å². The highest BCUT2D eigenvalue weighted by Crippen LogP contribution is 2.22. The van der Waals surface area contributed by atoms with Gasteiger partial charge in [0.05, 0.1) is 0 Å². The van der Waals surface area contributed by atoms with Crippen molar-refractivity contribution in [2.24, 2.45) is 0 Å². The van der Waals surface area contributed by atoms with Gasteiger partial charge in [0, 0.05) is 28.5 Å². The van der Waals surface area contributed by atoms with E-state index in [2.05, 4.69) is 21.2 Å². The Hall–Kier alpha value is -2.83. The third-order valence-electron chi connectivity index (χ3n) is 5.44. The number of amides is 2. The highest BCUT2D eigenvalue weighted by molar-refractivity contribution is 9.10. The fourth-order valence-electron chi connectivity index (χ4n) is 3.70. The van der Waals surface area contributed by atoms with Gasteiger partial charge in [0.1, 0.15) is 11.8 Å². The second-order valence-corrected chi connectivity index (χ2v) is 10.0. The van der Waals surface area contributed by atoms with Crippen molar-refractivity contribution >= 4 is 39.3 Å². The molecular formula is C28H30BrClN2O3. The molecule has 0 aliphatic rings. The maximum absolute atomic E-state index is 13.6. The first-order chi connectivity index (χ1) is 16.7. The Morgan fingerprint density at radius 3 is 2.37 bits per heavy atom. The molecule has 0 bridgehead atoms. The summed E-state index contributed by atoms with van der Waals surface area (Å²) in [4.78, 5) is 28.5. The average Bonchev–Trinajstić information content (AvgIpc) is 2.82. The lowest BCUT2D eigenvalue weighted by molar-refractivity contribution is -0.143. The molecule has 3 aromatic carbocycles. The Balaban J connectivity index is 1.91. The molecule has 3 rings (SSSR count). The SMILES string of the molecule is Cc1cc(OCC(=O)N(Cc2cccc(Cl)c2)[C@@H](Cc2ccccc2)C(=O)NC(C)C)ccc1Br. The van der Waals surface area contributed by atoms with Crippen LogP contribution in [0.1, 0.15) is 30.5 Å². The zero-order valence-corrected chi connectivity index (χ0v) is 22.5. The number of rotatable bonds is 10. The number of hydrogen-bond donors (Lipinski definition) is 1. The molecule has 0 radical (unpaired) electrons. The number of nitrogens with one attached hydrogen (secondary N) is 1. The van der Waals surface area contributed by atoms with Crippen LogP contribution in [0.5, 0.6) is 5.75 Å². The fourth-order valence-corrected chi connectivity index (χ4v) is 4.16. The predicted octanol–water partition coefficient (Wildman–Crippen LogP) is 5.95. The normalized spacial score (nSPS) is 11.7. The standard InChI is InChI=1S/C28H30BrClN2O3/c1-19(2)31-28(34)26(16-21-8-5-4-6-9-21)32(17-22-10-7-11-23(30)15-22)27(33)18-35-24-12-13-25(29)20(3)14-24/h4-15,19,26H,16-18H2,1-3H3,(H,31,34)/t26-/m0/s1. The van der Waals surface area contributed by atoms with Crippen molar-refractivity contribution in [3.8, 4) is 5.75 Å². The zero-order chi connectivity index (χ0) is 25.4. The van der Waals surface area contributed by atoms with Gasteiger partial charge in [0.25, 0.3) is 5.91 Å². The molecule has 3 aromatic rings. The molecule has 0 unspecified atom stereocenters. The molecular weight excluding hydrogens is 528 g/mol. The first kappa shape index (κ1) is 26.8. The number of halogens is 2. The molecule has 1 atom stereocenters. The Morgan fingerprint density at radius 1 is 1.00 bits per heavy atom. The maximum Gasteiger partial charge on any atom is 0.261 e. The fraction of sp³-hybridized carbons (Fsp3) is 0.286. The van der Waals surface area contributed by atoms with Crippen molar-refractivity contribution in [3.63, 3.8) is 0 Å². The lowest BCUT2D eigenvalue weighted by Crippen LogP contribution is -2.52. The van der Waals surface area contributed by atoms with Crippen LogP contribution in [0, 0.1) is 6.92 Å². The summed E-state index contributed by atoms with van der Waals surface area (Å²) in [6.45, 7) is 5.79. The molecule has 0 aromatic heterocycles. The quantitative estimate of drug-likeness (QED) is 0.335. The van der Waals surface area contributed by atoms with Gasteiger partial charge in [0.2, 0.25) is 5.91 Å². The van der Waals surface area contributed by atoms with E-state index in [-0.39, 0.29) is 31.0 Å². The monoisotopic (exact) mass is 556 g/mol. The second-order valence-electron chi connectivity index (χ2n) is 8.72. The molecule has 0 spiro atoms. The van der Waals surface area contributed by atoms with Gasteiger partial charge in [-0.2, -0.15) is 0 Å². The lowest BCUT2D eigenvalue weighted by atomic mass is 10.0. The van der Waals surface area contributed by atoms with Crippen LogP contribution in [0.3, 0.4) is 0 Å². The van der Waals surface area contributed by atoms with Crippen molar-refractivity contribution < 1.29 is 14.3 Å². The van der Waals surface area contributed by atoms with Gasteiger partial charge in [-0.3, -0.25) is 9.59 Å². The Labute approximate surface area is 220 Å². The van der Waals surface area contributed by atoms with Crippen LogP contribution in [0.4, 0.5) is 0 Å². The molecule has 0 saturated heterocycles. The van der Waals surface area contributed by atoms with Gasteiger partial charge in [-0.05, 0) is 67.8 Å². The van der Waals surface area contributed by atoms with E-state index in [1.165, 1.54) is 0 Å². The van der Waals surface area contributed by atoms with E-state index in [0.29, 0.717) is 17.2 Å². The van der Waals surface area contributed by atoms with Crippen molar-refractivity contribution in [1.29, 1.82) is 0 Å². The van der Waals surface area contributed by atoms with Crippen molar-refractivity contribution in [1.82, 2.24) is 10.2 Å².